The fraction of sp³-hybridized carbons (Fsp3) is 0.250. The van der Waals surface area contributed by atoms with Gasteiger partial charge in [-0.15, -0.1) is 6.58 Å². The van der Waals surface area contributed by atoms with E-state index in [1.54, 1.807) is 36.6 Å². The normalized spacial score (nSPS) is 11.3. The van der Waals surface area contributed by atoms with Crippen LogP contribution in [0.5, 0.6) is 17.2 Å². The van der Waals surface area contributed by atoms with E-state index < -0.39 is 11.7 Å². The summed E-state index contributed by atoms with van der Waals surface area (Å²) in [5.41, 5.74) is 4.54. The van der Waals surface area contributed by atoms with Gasteiger partial charge in [-0.25, -0.2) is 9.37 Å². The Morgan fingerprint density at radius 3 is 2.48 bits per heavy atom. The third kappa shape index (κ3) is 8.08. The van der Waals surface area contributed by atoms with E-state index in [0.717, 1.165) is 22.4 Å². The van der Waals surface area contributed by atoms with Gasteiger partial charge in [-0.3, -0.25) is 9.59 Å². The lowest BCUT2D eigenvalue weighted by Gasteiger charge is -2.18. The molecule has 0 aliphatic heterocycles. The molecule has 50 heavy (non-hydrogen) atoms. The number of rotatable bonds is 14. The summed E-state index contributed by atoms with van der Waals surface area (Å²) in [6.45, 7) is 14.3. The number of nitrogens with zero attached hydrogens (tertiary/aromatic N) is 3. The van der Waals surface area contributed by atoms with Gasteiger partial charge in [0.1, 0.15) is 11.6 Å². The van der Waals surface area contributed by atoms with Crippen LogP contribution in [0.2, 0.25) is 0 Å². The van der Waals surface area contributed by atoms with Crippen LogP contribution < -0.4 is 25.1 Å². The highest BCUT2D eigenvalue weighted by molar-refractivity contribution is 5.92. The topological polar surface area (TPSA) is 104 Å². The molecule has 0 saturated carbocycles. The fourth-order valence-electron chi connectivity index (χ4n) is 5.59. The molecular weight excluding hydrogens is 635 g/mol. The van der Waals surface area contributed by atoms with E-state index in [2.05, 4.69) is 25.7 Å². The lowest BCUT2D eigenvalue weighted by Crippen LogP contribution is -2.21. The number of ether oxygens (including phenoxy) is 3. The Bertz CT molecular complexity index is 2120. The number of aryl methyl sites for hydroxylation is 1. The largest absolute Gasteiger partial charge is 0.494 e. The van der Waals surface area contributed by atoms with Crippen LogP contribution in [0.3, 0.4) is 0 Å². The number of anilines is 1. The van der Waals surface area contributed by atoms with E-state index in [1.807, 2.05) is 51.1 Å². The second-order valence-electron chi connectivity index (χ2n) is 11.9. The number of carbonyl (C=O) groups is 1. The molecule has 9 nitrogen and oxygen atoms in total. The highest BCUT2D eigenvalue weighted by atomic mass is 19.1. The number of nitrogens with one attached hydrogen (secondary N) is 1. The van der Waals surface area contributed by atoms with E-state index >= 15 is 0 Å². The minimum atomic E-state index is -0.464. The molecule has 0 unspecified atom stereocenters. The molecule has 1 amide bonds. The molecule has 0 saturated heterocycles. The molecule has 0 bridgehead atoms. The molecule has 5 aromatic rings. The van der Waals surface area contributed by atoms with Crippen LogP contribution in [0.4, 0.5) is 10.1 Å². The summed E-state index contributed by atoms with van der Waals surface area (Å²) in [6, 6.07) is 20.4. The maximum Gasteiger partial charge on any atom is 0.282 e. The van der Waals surface area contributed by atoms with Crippen LogP contribution >= 0.6 is 0 Å². The van der Waals surface area contributed by atoms with Gasteiger partial charge in [-0.2, -0.15) is 9.78 Å². The Labute approximate surface area is 291 Å². The lowest BCUT2D eigenvalue weighted by atomic mass is 9.96. The van der Waals surface area contributed by atoms with Gasteiger partial charge < -0.3 is 19.5 Å². The second-order valence-corrected chi connectivity index (χ2v) is 11.9. The van der Waals surface area contributed by atoms with Crippen molar-refractivity contribution in [3.05, 3.63) is 124 Å². The summed E-state index contributed by atoms with van der Waals surface area (Å²) in [5, 5.41) is 7.77. The number of fused-ring (bicyclic) bond motifs is 1. The number of carbonyl (C=O) groups excluding carboxylic acids is 1. The van der Waals surface area contributed by atoms with Crippen molar-refractivity contribution in [2.75, 3.05) is 25.1 Å². The van der Waals surface area contributed by atoms with Gasteiger partial charge in [-0.05, 0) is 104 Å². The molecule has 0 aliphatic rings. The molecule has 10 heteroatoms. The summed E-state index contributed by atoms with van der Waals surface area (Å²) < 4.78 is 32.8. The first-order valence-electron chi connectivity index (χ1n) is 16.6. The Hall–Kier alpha value is -5.77. The van der Waals surface area contributed by atoms with Gasteiger partial charge in [-0.1, -0.05) is 38.1 Å². The first-order valence-corrected chi connectivity index (χ1v) is 16.6. The summed E-state index contributed by atoms with van der Waals surface area (Å²) in [5.74, 6) is 1.19. The van der Waals surface area contributed by atoms with Crippen molar-refractivity contribution in [3.8, 4) is 28.6 Å². The summed E-state index contributed by atoms with van der Waals surface area (Å²) >= 11 is 0. The Morgan fingerprint density at radius 2 is 1.76 bits per heavy atom. The molecule has 0 radical (unpaired) electrons. The predicted octanol–water partition coefficient (Wildman–Crippen LogP) is 8.06. The van der Waals surface area contributed by atoms with Crippen LogP contribution in [-0.2, 0) is 11.2 Å². The van der Waals surface area contributed by atoms with Gasteiger partial charge in [0.05, 0.1) is 30.3 Å². The molecule has 4 aromatic carbocycles. The van der Waals surface area contributed by atoms with E-state index in [0.29, 0.717) is 64.7 Å². The monoisotopic (exact) mass is 676 g/mol. The molecule has 5 rings (SSSR count). The smallest absolute Gasteiger partial charge is 0.282 e. The van der Waals surface area contributed by atoms with E-state index in [4.69, 9.17) is 24.3 Å². The average Bonchev–Trinajstić information content (AvgIpc) is 3.08. The molecule has 1 aromatic heterocycles. The molecule has 0 spiro atoms. The van der Waals surface area contributed by atoms with Crippen molar-refractivity contribution in [2.24, 2.45) is 5.10 Å². The zero-order chi connectivity index (χ0) is 35.8. The van der Waals surface area contributed by atoms with E-state index in [-0.39, 0.29) is 18.1 Å². The molecule has 0 aliphatic carbocycles. The molecule has 258 valence electrons. The van der Waals surface area contributed by atoms with Crippen molar-refractivity contribution in [2.45, 2.75) is 47.0 Å². The van der Waals surface area contributed by atoms with Gasteiger partial charge in [0.2, 0.25) is 0 Å². The predicted molar refractivity (Wildman–Crippen MR) is 196 cm³/mol. The van der Waals surface area contributed by atoms with Crippen molar-refractivity contribution in [3.63, 3.8) is 0 Å². The van der Waals surface area contributed by atoms with Gasteiger partial charge in [0.25, 0.3) is 11.5 Å². The molecule has 0 atom stereocenters. The Balaban J connectivity index is 1.56. The number of allylic oxidation sites excluding steroid dienone is 1. The van der Waals surface area contributed by atoms with Gasteiger partial charge >= 0.3 is 0 Å². The lowest BCUT2D eigenvalue weighted by molar-refractivity contribution is -0.118. The highest BCUT2D eigenvalue weighted by Crippen LogP contribution is 2.35. The number of aromatic nitrogens is 2. The number of amides is 1. The summed E-state index contributed by atoms with van der Waals surface area (Å²) in [4.78, 5) is 31.6. The Morgan fingerprint density at radius 1 is 1.00 bits per heavy atom. The van der Waals surface area contributed by atoms with Crippen LogP contribution in [0.15, 0.2) is 95.3 Å². The third-order valence-electron chi connectivity index (χ3n) is 7.87. The van der Waals surface area contributed by atoms with Gasteiger partial charge in [0.15, 0.2) is 23.9 Å². The molecule has 1 heterocycles. The van der Waals surface area contributed by atoms with Crippen LogP contribution in [0.25, 0.3) is 22.3 Å². The molecule has 1 N–H and O–H groups in total. The standard InChI is InChI=1S/C40H41FN4O5/c1-7-13-28-19-27(20-36(49-9-3)38(28)50-24-37(46)43-30-15-12-14-29(41)21-30)23-42-45-39(44-34-17-11-10-16-31(34)40(45)47)33-22-32(25(4)5)35(48-8-2)18-26(33)6/h7,10-12,14-23,25H,1,8-9,13,24H2,2-6H3,(H,43,46). The minimum absolute atomic E-state index is 0.161. The van der Waals surface area contributed by atoms with Crippen molar-refractivity contribution >= 4 is 28.7 Å². The maximum absolute atomic E-state index is 14.0. The van der Waals surface area contributed by atoms with Crippen LogP contribution in [0, 0.1) is 12.7 Å². The zero-order valence-electron chi connectivity index (χ0n) is 29.0. The number of hydrogen-bond acceptors (Lipinski definition) is 7. The van der Waals surface area contributed by atoms with Crippen molar-refractivity contribution in [1.82, 2.24) is 9.66 Å². The fourth-order valence-corrected chi connectivity index (χ4v) is 5.59. The first kappa shape index (κ1) is 35.5. The quantitative estimate of drug-likeness (QED) is 0.0943. The highest BCUT2D eigenvalue weighted by Gasteiger charge is 2.19. The Kier molecular flexibility index (Phi) is 11.4. The van der Waals surface area contributed by atoms with Crippen LogP contribution in [0.1, 0.15) is 55.9 Å². The van der Waals surface area contributed by atoms with Gasteiger partial charge in [0, 0.05) is 16.8 Å². The average molecular weight is 677 g/mol. The van der Waals surface area contributed by atoms with Crippen molar-refractivity contribution in [1.29, 1.82) is 0 Å². The molecule has 0 fully saturated rings. The third-order valence-corrected chi connectivity index (χ3v) is 7.87. The number of para-hydroxylation sites is 1. The number of halogens is 1. The molecular formula is C40H41FN4O5. The second kappa shape index (κ2) is 16.1. The van der Waals surface area contributed by atoms with E-state index in [1.165, 1.54) is 22.9 Å². The first-order chi connectivity index (χ1) is 24.1. The summed E-state index contributed by atoms with van der Waals surface area (Å²) in [6.07, 6.45) is 3.68. The minimum Gasteiger partial charge on any atom is -0.494 e. The SMILES string of the molecule is C=CCc1cc(C=Nn2c(-c3cc(C(C)C)c(OCC)cc3C)nc3ccccc3c2=O)cc(OCC)c1OCC(=O)Nc1cccc(F)c1. The van der Waals surface area contributed by atoms with E-state index in [9.17, 15) is 14.0 Å². The van der Waals surface area contributed by atoms with Crippen molar-refractivity contribution < 1.29 is 23.4 Å². The zero-order valence-corrected chi connectivity index (χ0v) is 29.0. The van der Waals surface area contributed by atoms with Crippen LogP contribution in [-0.4, -0.2) is 41.6 Å². The number of hydrogen-bond donors (Lipinski definition) is 1. The summed E-state index contributed by atoms with van der Waals surface area (Å²) in [7, 11) is 0. The number of benzene rings is 4. The maximum atomic E-state index is 14.0.